The summed E-state index contributed by atoms with van der Waals surface area (Å²) in [5.74, 6) is 0.800. The van der Waals surface area contributed by atoms with Gasteiger partial charge in [-0.05, 0) is 80.5 Å². The number of fused-ring (bicyclic) bond motifs is 11. The maximum absolute atomic E-state index is 6.48. The molecule has 9 aromatic carbocycles. The standard InChI is InChI=1S/C50H29N3O/c1-2-13-31(14-3-1)48-50(52-49-37-19-9-6-12-30(37)23-25-41(49)51-48)53-42-27-33-16-5-4-15-32(33)26-40(42)47-43(53)28-34-17-7-8-18-36(34)46(47)35-22-24-39-38-20-10-11-21-44(38)54-45(39)29-35/h1-29H. The van der Waals surface area contributed by atoms with Gasteiger partial charge in [-0.2, -0.15) is 0 Å². The van der Waals surface area contributed by atoms with Crippen molar-refractivity contribution in [2.75, 3.05) is 0 Å². The van der Waals surface area contributed by atoms with E-state index in [1.54, 1.807) is 0 Å². The smallest absolute Gasteiger partial charge is 0.165 e. The van der Waals surface area contributed by atoms with Gasteiger partial charge in [0.05, 0.1) is 22.1 Å². The third kappa shape index (κ3) is 4.19. The fourth-order valence-electron chi connectivity index (χ4n) is 8.66. The van der Waals surface area contributed by atoms with Crippen molar-refractivity contribution in [3.8, 4) is 28.2 Å². The van der Waals surface area contributed by atoms with Crippen molar-refractivity contribution in [3.05, 3.63) is 176 Å². The van der Waals surface area contributed by atoms with Crippen LogP contribution in [0, 0.1) is 0 Å². The average molecular weight is 688 g/mol. The largest absolute Gasteiger partial charge is 0.456 e. The molecule has 0 bridgehead atoms. The first-order valence-electron chi connectivity index (χ1n) is 18.3. The Morgan fingerprint density at radius 3 is 1.93 bits per heavy atom. The van der Waals surface area contributed by atoms with Gasteiger partial charge >= 0.3 is 0 Å². The highest BCUT2D eigenvalue weighted by molar-refractivity contribution is 6.25. The predicted molar refractivity (Wildman–Crippen MR) is 225 cm³/mol. The second-order valence-corrected chi connectivity index (χ2v) is 14.1. The summed E-state index contributed by atoms with van der Waals surface area (Å²) in [6.45, 7) is 0. The molecule has 0 N–H and O–H groups in total. The Hall–Kier alpha value is -7.30. The molecule has 12 rings (SSSR count). The highest BCUT2D eigenvalue weighted by Crippen LogP contribution is 2.46. The zero-order valence-electron chi connectivity index (χ0n) is 29.0. The Morgan fingerprint density at radius 1 is 0.407 bits per heavy atom. The number of aromatic nitrogens is 3. The first kappa shape index (κ1) is 29.3. The van der Waals surface area contributed by atoms with E-state index >= 15 is 0 Å². The lowest BCUT2D eigenvalue weighted by molar-refractivity contribution is 0.669. The van der Waals surface area contributed by atoms with Crippen molar-refractivity contribution in [1.29, 1.82) is 0 Å². The quantitative estimate of drug-likeness (QED) is 0.174. The van der Waals surface area contributed by atoms with Gasteiger partial charge in [-0.1, -0.05) is 133 Å². The fraction of sp³-hybridized carbons (Fsp3) is 0. The van der Waals surface area contributed by atoms with Crippen LogP contribution in [0.4, 0.5) is 0 Å². The second kappa shape index (κ2) is 11.1. The lowest BCUT2D eigenvalue weighted by atomic mass is 9.92. The van der Waals surface area contributed by atoms with Gasteiger partial charge in [0, 0.05) is 32.5 Å². The Balaban J connectivity index is 1.29. The van der Waals surface area contributed by atoms with Gasteiger partial charge in [0.1, 0.15) is 16.9 Å². The van der Waals surface area contributed by atoms with Gasteiger partial charge in [-0.15, -0.1) is 0 Å². The van der Waals surface area contributed by atoms with E-state index in [0.29, 0.717) is 0 Å². The lowest BCUT2D eigenvalue weighted by Gasteiger charge is -2.16. The van der Waals surface area contributed by atoms with Crippen LogP contribution in [0.5, 0.6) is 0 Å². The molecule has 0 aliphatic rings. The van der Waals surface area contributed by atoms with Crippen LogP contribution >= 0.6 is 0 Å². The number of furan rings is 1. The van der Waals surface area contributed by atoms with Crippen LogP contribution in [0.3, 0.4) is 0 Å². The molecule has 0 saturated carbocycles. The van der Waals surface area contributed by atoms with Gasteiger partial charge in [0.15, 0.2) is 5.82 Å². The van der Waals surface area contributed by atoms with E-state index < -0.39 is 0 Å². The van der Waals surface area contributed by atoms with Crippen molar-refractivity contribution >= 4 is 87.1 Å². The molecule has 4 nitrogen and oxygen atoms in total. The first-order chi connectivity index (χ1) is 26.8. The molecule has 12 aromatic rings. The number of hydrogen-bond acceptors (Lipinski definition) is 3. The minimum Gasteiger partial charge on any atom is -0.456 e. The Bertz CT molecular complexity index is 3500. The maximum atomic E-state index is 6.48. The monoisotopic (exact) mass is 687 g/mol. The second-order valence-electron chi connectivity index (χ2n) is 14.1. The SMILES string of the molecule is c1ccc(-c2nc3ccc4ccccc4c3nc2-n2c3cc4ccccc4cc3c3c(-c4ccc5c(c4)oc4ccccc45)c4ccccc4cc32)cc1. The van der Waals surface area contributed by atoms with Crippen LogP contribution in [-0.4, -0.2) is 14.5 Å². The number of nitrogens with zero attached hydrogens (tertiary/aromatic N) is 3. The van der Waals surface area contributed by atoms with E-state index in [4.69, 9.17) is 14.4 Å². The van der Waals surface area contributed by atoms with E-state index in [1.807, 2.05) is 12.1 Å². The molecule has 0 saturated heterocycles. The molecule has 250 valence electrons. The molecule has 0 atom stereocenters. The zero-order chi connectivity index (χ0) is 35.3. The molecule has 0 unspecified atom stereocenters. The van der Waals surface area contributed by atoms with Crippen molar-refractivity contribution in [3.63, 3.8) is 0 Å². The summed E-state index contributed by atoms with van der Waals surface area (Å²) >= 11 is 0. The molecule has 0 aliphatic heterocycles. The topological polar surface area (TPSA) is 43.9 Å². The van der Waals surface area contributed by atoms with Crippen molar-refractivity contribution < 1.29 is 4.42 Å². The molecule has 0 fully saturated rings. The summed E-state index contributed by atoms with van der Waals surface area (Å²) in [6, 6.07) is 62.5. The number of para-hydroxylation sites is 1. The minimum atomic E-state index is 0.800. The molecule has 3 heterocycles. The molecular formula is C50H29N3O. The highest BCUT2D eigenvalue weighted by atomic mass is 16.3. The number of hydrogen-bond donors (Lipinski definition) is 0. The van der Waals surface area contributed by atoms with Gasteiger partial charge in [0.2, 0.25) is 0 Å². The number of benzene rings is 9. The Kier molecular flexibility index (Phi) is 6.02. The molecule has 0 amide bonds. The lowest BCUT2D eigenvalue weighted by Crippen LogP contribution is -2.04. The summed E-state index contributed by atoms with van der Waals surface area (Å²) in [4.78, 5) is 11.1. The Labute approximate surface area is 309 Å². The summed E-state index contributed by atoms with van der Waals surface area (Å²) in [5.41, 5.74) is 9.81. The van der Waals surface area contributed by atoms with Crippen molar-refractivity contribution in [2.24, 2.45) is 0 Å². The van der Waals surface area contributed by atoms with Crippen LogP contribution < -0.4 is 0 Å². The highest BCUT2D eigenvalue weighted by Gasteiger charge is 2.24. The molecule has 54 heavy (non-hydrogen) atoms. The fourth-order valence-corrected chi connectivity index (χ4v) is 8.66. The van der Waals surface area contributed by atoms with Gasteiger partial charge in [-0.3, -0.25) is 4.57 Å². The van der Waals surface area contributed by atoms with Gasteiger partial charge in [0.25, 0.3) is 0 Å². The number of rotatable bonds is 3. The normalized spacial score (nSPS) is 12.1. The molecule has 4 heteroatoms. The van der Waals surface area contributed by atoms with E-state index in [0.717, 1.165) is 88.2 Å². The van der Waals surface area contributed by atoms with Gasteiger partial charge in [-0.25, -0.2) is 9.97 Å². The van der Waals surface area contributed by atoms with E-state index in [2.05, 4.69) is 168 Å². The van der Waals surface area contributed by atoms with Crippen molar-refractivity contribution in [1.82, 2.24) is 14.5 Å². The summed E-state index contributed by atoms with van der Waals surface area (Å²) in [5, 5.41) is 11.5. The van der Waals surface area contributed by atoms with E-state index in [9.17, 15) is 0 Å². The van der Waals surface area contributed by atoms with Crippen LogP contribution in [0.15, 0.2) is 180 Å². The predicted octanol–water partition coefficient (Wildman–Crippen LogP) is 13.4. The van der Waals surface area contributed by atoms with Crippen LogP contribution in [0.2, 0.25) is 0 Å². The zero-order valence-corrected chi connectivity index (χ0v) is 29.0. The molecule has 0 radical (unpaired) electrons. The molecular weight excluding hydrogens is 659 g/mol. The van der Waals surface area contributed by atoms with E-state index in [-0.39, 0.29) is 0 Å². The maximum Gasteiger partial charge on any atom is 0.165 e. The Morgan fingerprint density at radius 2 is 1.07 bits per heavy atom. The van der Waals surface area contributed by atoms with Crippen LogP contribution in [0.25, 0.3) is 115 Å². The third-order valence-electron chi connectivity index (χ3n) is 11.1. The third-order valence-corrected chi connectivity index (χ3v) is 11.1. The molecule has 0 spiro atoms. The van der Waals surface area contributed by atoms with Crippen LogP contribution in [-0.2, 0) is 0 Å². The molecule has 3 aromatic heterocycles. The van der Waals surface area contributed by atoms with Crippen LogP contribution in [0.1, 0.15) is 0 Å². The minimum absolute atomic E-state index is 0.800. The summed E-state index contributed by atoms with van der Waals surface area (Å²) < 4.78 is 8.84. The summed E-state index contributed by atoms with van der Waals surface area (Å²) in [6.07, 6.45) is 0. The molecule has 0 aliphatic carbocycles. The average Bonchev–Trinajstić information content (AvgIpc) is 3.76. The summed E-state index contributed by atoms with van der Waals surface area (Å²) in [7, 11) is 0. The van der Waals surface area contributed by atoms with Gasteiger partial charge < -0.3 is 4.42 Å². The first-order valence-corrected chi connectivity index (χ1v) is 18.3. The van der Waals surface area contributed by atoms with Crippen molar-refractivity contribution in [2.45, 2.75) is 0 Å². The van der Waals surface area contributed by atoms with E-state index in [1.165, 1.54) is 27.1 Å².